The molecule has 2 unspecified atom stereocenters. The molecule has 0 aliphatic carbocycles. The summed E-state index contributed by atoms with van der Waals surface area (Å²) in [5, 5.41) is 18.5. The van der Waals surface area contributed by atoms with E-state index in [0.717, 1.165) is 0 Å². The summed E-state index contributed by atoms with van der Waals surface area (Å²) in [6.07, 6.45) is 0.553. The Morgan fingerprint density at radius 3 is 2.30 bits per heavy atom. The van der Waals surface area contributed by atoms with Gasteiger partial charge < -0.3 is 20.9 Å². The molecular formula is C37H46FN5O3. The van der Waals surface area contributed by atoms with Gasteiger partial charge in [-0.15, -0.1) is 0 Å². The minimum Gasteiger partial charge on any atom is -0.354 e. The lowest BCUT2D eigenvalue weighted by Crippen LogP contribution is -2.47. The quantitative estimate of drug-likeness (QED) is 0.237. The van der Waals surface area contributed by atoms with Gasteiger partial charge in [-0.3, -0.25) is 14.4 Å². The standard InChI is InChI=1S/C30H38FN5O3.C7H8/c1-4-27(29(38)35-18-20(2)3)33-11-12-34-28(37)23-14-22(26-10-6-5-8-21(26)17-32)15-24(16-23)30(39)36-13-7-9-25(31)19-36;1-7-5-3-2-4-6-7/h5-6,8,10,14-16,20,25,27,33H,4,7,9,11-13,18-19H2,1-3H3,(H,34,37)(H,35,38);2-6H,1H3. The van der Waals surface area contributed by atoms with Gasteiger partial charge in [0.05, 0.1) is 24.2 Å². The Labute approximate surface area is 272 Å². The molecule has 4 rings (SSSR count). The van der Waals surface area contributed by atoms with E-state index < -0.39 is 6.17 Å². The second kappa shape index (κ2) is 18.4. The predicted octanol–water partition coefficient (Wildman–Crippen LogP) is 5.66. The van der Waals surface area contributed by atoms with Gasteiger partial charge in [0, 0.05) is 37.3 Å². The van der Waals surface area contributed by atoms with Crippen molar-refractivity contribution < 1.29 is 18.8 Å². The number of amides is 3. The number of hydrogen-bond acceptors (Lipinski definition) is 5. The number of aryl methyl sites for hydroxylation is 1. The monoisotopic (exact) mass is 627 g/mol. The molecule has 1 aliphatic heterocycles. The van der Waals surface area contributed by atoms with Gasteiger partial charge in [-0.25, -0.2) is 4.39 Å². The lowest BCUT2D eigenvalue weighted by Gasteiger charge is -2.29. The molecule has 46 heavy (non-hydrogen) atoms. The largest absolute Gasteiger partial charge is 0.354 e. The first-order chi connectivity index (χ1) is 22.1. The van der Waals surface area contributed by atoms with E-state index in [1.165, 1.54) is 16.5 Å². The molecule has 0 saturated carbocycles. The van der Waals surface area contributed by atoms with Crippen LogP contribution >= 0.6 is 0 Å². The van der Waals surface area contributed by atoms with Crippen LogP contribution in [0.5, 0.6) is 0 Å². The number of nitriles is 1. The molecule has 3 N–H and O–H groups in total. The average Bonchev–Trinajstić information content (AvgIpc) is 3.07. The van der Waals surface area contributed by atoms with Gasteiger partial charge in [0.1, 0.15) is 6.17 Å². The van der Waals surface area contributed by atoms with Crippen LogP contribution < -0.4 is 16.0 Å². The first-order valence-electron chi connectivity index (χ1n) is 16.0. The fraction of sp³-hybridized carbons (Fsp3) is 0.405. The van der Waals surface area contributed by atoms with Crippen molar-refractivity contribution in [3.63, 3.8) is 0 Å². The van der Waals surface area contributed by atoms with Gasteiger partial charge in [-0.1, -0.05) is 74.9 Å². The number of halogens is 1. The summed E-state index contributed by atoms with van der Waals surface area (Å²) in [7, 11) is 0. The summed E-state index contributed by atoms with van der Waals surface area (Å²) >= 11 is 0. The zero-order valence-electron chi connectivity index (χ0n) is 27.3. The van der Waals surface area contributed by atoms with Crippen LogP contribution in [-0.4, -0.2) is 67.6 Å². The maximum atomic E-state index is 14.0. The van der Waals surface area contributed by atoms with E-state index in [2.05, 4.69) is 41.1 Å². The summed E-state index contributed by atoms with van der Waals surface area (Å²) in [5.74, 6) is -0.450. The Hall–Kier alpha value is -4.55. The molecule has 0 aromatic heterocycles. The van der Waals surface area contributed by atoms with Crippen molar-refractivity contribution in [2.45, 2.75) is 59.2 Å². The van der Waals surface area contributed by atoms with Crippen LogP contribution in [0.2, 0.25) is 0 Å². The van der Waals surface area contributed by atoms with Crippen molar-refractivity contribution in [3.8, 4) is 17.2 Å². The number of likely N-dealkylation sites (tertiary alicyclic amines) is 1. The number of rotatable bonds is 11. The van der Waals surface area contributed by atoms with Crippen LogP contribution in [0, 0.1) is 24.2 Å². The van der Waals surface area contributed by atoms with Crippen LogP contribution in [0.1, 0.15) is 71.9 Å². The van der Waals surface area contributed by atoms with Crippen LogP contribution in [0.4, 0.5) is 4.39 Å². The molecule has 244 valence electrons. The van der Waals surface area contributed by atoms with Gasteiger partial charge >= 0.3 is 0 Å². The first kappa shape index (κ1) is 35.9. The number of nitrogens with zero attached hydrogens (tertiary/aromatic N) is 2. The summed E-state index contributed by atoms with van der Waals surface area (Å²) in [4.78, 5) is 40.3. The topological polar surface area (TPSA) is 114 Å². The van der Waals surface area contributed by atoms with Crippen LogP contribution in [-0.2, 0) is 4.79 Å². The average molecular weight is 628 g/mol. The lowest BCUT2D eigenvalue weighted by atomic mass is 9.95. The number of piperidine rings is 1. The van der Waals surface area contributed by atoms with Crippen LogP contribution in [0.25, 0.3) is 11.1 Å². The van der Waals surface area contributed by atoms with E-state index in [1.54, 1.807) is 36.4 Å². The molecule has 3 amide bonds. The highest BCUT2D eigenvalue weighted by Gasteiger charge is 2.25. The van der Waals surface area contributed by atoms with Gasteiger partial charge in [-0.2, -0.15) is 5.26 Å². The fourth-order valence-corrected chi connectivity index (χ4v) is 5.07. The summed E-state index contributed by atoms with van der Waals surface area (Å²) < 4.78 is 14.0. The third-order valence-electron chi connectivity index (χ3n) is 7.60. The highest BCUT2D eigenvalue weighted by molar-refractivity contribution is 6.01. The molecule has 8 nitrogen and oxygen atoms in total. The molecule has 0 bridgehead atoms. The molecule has 3 aromatic carbocycles. The molecule has 1 saturated heterocycles. The number of alkyl halides is 1. The van der Waals surface area contributed by atoms with E-state index >= 15 is 0 Å². The smallest absolute Gasteiger partial charge is 0.253 e. The molecule has 1 aliphatic rings. The van der Waals surface area contributed by atoms with Gasteiger partial charge in [-0.05, 0) is 67.5 Å². The lowest BCUT2D eigenvalue weighted by molar-refractivity contribution is -0.123. The molecule has 2 atom stereocenters. The van der Waals surface area contributed by atoms with E-state index in [4.69, 9.17) is 0 Å². The van der Waals surface area contributed by atoms with Gasteiger partial charge in [0.25, 0.3) is 11.8 Å². The molecule has 0 radical (unpaired) electrons. The zero-order valence-corrected chi connectivity index (χ0v) is 27.3. The normalized spacial score (nSPS) is 14.8. The second-order valence-electron chi connectivity index (χ2n) is 11.9. The molecule has 1 fully saturated rings. The highest BCUT2D eigenvalue weighted by atomic mass is 19.1. The van der Waals surface area contributed by atoms with Gasteiger partial charge in [0.15, 0.2) is 0 Å². The summed E-state index contributed by atoms with van der Waals surface area (Å²) in [6, 6.07) is 23.9. The highest BCUT2D eigenvalue weighted by Crippen LogP contribution is 2.27. The Morgan fingerprint density at radius 2 is 1.67 bits per heavy atom. The maximum absolute atomic E-state index is 14.0. The molecule has 3 aromatic rings. The summed E-state index contributed by atoms with van der Waals surface area (Å²) in [6.45, 7) is 9.79. The Kier molecular flexibility index (Phi) is 14.4. The molecule has 9 heteroatoms. The van der Waals surface area contributed by atoms with Crippen molar-refractivity contribution in [2.75, 3.05) is 32.7 Å². The van der Waals surface area contributed by atoms with Crippen LogP contribution in [0.3, 0.4) is 0 Å². The number of carbonyl (C=O) groups is 3. The second-order valence-corrected chi connectivity index (χ2v) is 11.9. The predicted molar refractivity (Wildman–Crippen MR) is 180 cm³/mol. The maximum Gasteiger partial charge on any atom is 0.253 e. The summed E-state index contributed by atoms with van der Waals surface area (Å²) in [5.41, 5.74) is 3.43. The van der Waals surface area contributed by atoms with Crippen molar-refractivity contribution in [1.82, 2.24) is 20.9 Å². The van der Waals surface area contributed by atoms with Crippen molar-refractivity contribution in [1.29, 1.82) is 5.26 Å². The van der Waals surface area contributed by atoms with E-state index in [1.807, 2.05) is 39.0 Å². The third kappa shape index (κ3) is 11.1. The van der Waals surface area contributed by atoms with Crippen LogP contribution in [0.15, 0.2) is 72.8 Å². The van der Waals surface area contributed by atoms with Crippen molar-refractivity contribution in [3.05, 3.63) is 95.1 Å². The Bertz CT molecular complexity index is 1490. The number of hydrogen-bond donors (Lipinski definition) is 3. The minimum atomic E-state index is -1.07. The zero-order chi connectivity index (χ0) is 33.5. The van der Waals surface area contributed by atoms with Crippen molar-refractivity contribution in [2.24, 2.45) is 5.92 Å². The molecule has 1 heterocycles. The molecular weight excluding hydrogens is 581 g/mol. The minimum absolute atomic E-state index is 0.0222. The van der Waals surface area contributed by atoms with Gasteiger partial charge in [0.2, 0.25) is 5.91 Å². The van der Waals surface area contributed by atoms with E-state index in [9.17, 15) is 24.0 Å². The SMILES string of the molecule is CCC(NCCNC(=O)c1cc(C(=O)N2CCCC(F)C2)cc(-c2ccccc2C#N)c1)C(=O)NCC(C)C.Cc1ccccc1. The number of nitrogens with one attached hydrogen (secondary N) is 3. The van der Waals surface area contributed by atoms with E-state index in [-0.39, 0.29) is 48.0 Å². The first-order valence-corrected chi connectivity index (χ1v) is 16.0. The fourth-order valence-electron chi connectivity index (χ4n) is 5.07. The van der Waals surface area contributed by atoms with Crippen molar-refractivity contribution >= 4 is 17.7 Å². The molecule has 0 spiro atoms. The third-order valence-corrected chi connectivity index (χ3v) is 7.60. The Balaban J connectivity index is 0.000000724. The number of benzene rings is 3. The van der Waals surface area contributed by atoms with E-state index in [0.29, 0.717) is 61.5 Å². The number of carbonyl (C=O) groups excluding carboxylic acids is 3. The Morgan fingerprint density at radius 1 is 0.978 bits per heavy atom.